The molecule has 0 spiro atoms. The lowest BCUT2D eigenvalue weighted by Gasteiger charge is -2.01. The predicted molar refractivity (Wildman–Crippen MR) is 49.7 cm³/mol. The van der Waals surface area contributed by atoms with Crippen LogP contribution in [0.15, 0.2) is 18.3 Å². The minimum Gasteiger partial charge on any atom is -0.477 e. The Kier molecular flexibility index (Phi) is 3.65. The van der Waals surface area contributed by atoms with Crippen LogP contribution in [0.25, 0.3) is 0 Å². The fourth-order valence-electron chi connectivity index (χ4n) is 0.909. The lowest BCUT2D eigenvalue weighted by Crippen LogP contribution is -2.02. The van der Waals surface area contributed by atoms with Gasteiger partial charge in [0.1, 0.15) is 12.3 Å². The topological polar surface area (TPSA) is 59.4 Å². The number of ether oxygens (including phenoxy) is 1. The van der Waals surface area contributed by atoms with Gasteiger partial charge in [-0.1, -0.05) is 5.92 Å². The van der Waals surface area contributed by atoms with Crippen molar-refractivity contribution in [1.82, 2.24) is 4.98 Å². The first kappa shape index (κ1) is 10.2. The summed E-state index contributed by atoms with van der Waals surface area (Å²) >= 11 is 0. The summed E-state index contributed by atoms with van der Waals surface area (Å²) in [6.45, 7) is 0.512. The average molecular weight is 191 g/mol. The van der Waals surface area contributed by atoms with E-state index in [-0.39, 0.29) is 12.3 Å². The van der Waals surface area contributed by atoms with Crippen molar-refractivity contribution in [3.63, 3.8) is 0 Å². The SMILES string of the molecule is C#CCOCc1ccnc(C(=O)O)c1. The summed E-state index contributed by atoms with van der Waals surface area (Å²) in [5.74, 6) is 1.27. The summed E-state index contributed by atoms with van der Waals surface area (Å²) in [6.07, 6.45) is 6.42. The Morgan fingerprint density at radius 2 is 2.50 bits per heavy atom. The van der Waals surface area contributed by atoms with Crippen LogP contribution in [0.5, 0.6) is 0 Å². The molecular weight excluding hydrogens is 182 g/mol. The molecule has 0 amide bonds. The molecule has 4 heteroatoms. The molecule has 1 aromatic heterocycles. The zero-order valence-corrected chi connectivity index (χ0v) is 7.43. The predicted octanol–water partition coefficient (Wildman–Crippen LogP) is 0.930. The highest BCUT2D eigenvalue weighted by Crippen LogP contribution is 2.03. The van der Waals surface area contributed by atoms with Crippen molar-refractivity contribution in [2.75, 3.05) is 6.61 Å². The third kappa shape index (κ3) is 2.88. The van der Waals surface area contributed by atoms with Crippen molar-refractivity contribution in [1.29, 1.82) is 0 Å². The molecule has 0 saturated heterocycles. The second kappa shape index (κ2) is 5.00. The van der Waals surface area contributed by atoms with Crippen LogP contribution in [0.4, 0.5) is 0 Å². The first-order valence-electron chi connectivity index (χ1n) is 3.93. The summed E-state index contributed by atoms with van der Waals surface area (Å²) in [5, 5.41) is 8.65. The molecule has 0 atom stereocenters. The zero-order valence-electron chi connectivity index (χ0n) is 7.43. The molecule has 4 nitrogen and oxygen atoms in total. The number of terminal acetylenes is 1. The second-order valence-electron chi connectivity index (χ2n) is 2.55. The van der Waals surface area contributed by atoms with Crippen LogP contribution in [0.2, 0.25) is 0 Å². The number of carbonyl (C=O) groups is 1. The Morgan fingerprint density at radius 1 is 1.71 bits per heavy atom. The van der Waals surface area contributed by atoms with Crippen LogP contribution in [-0.4, -0.2) is 22.7 Å². The van der Waals surface area contributed by atoms with Crippen LogP contribution in [0.1, 0.15) is 16.1 Å². The van der Waals surface area contributed by atoms with Crippen LogP contribution in [0, 0.1) is 12.3 Å². The minimum absolute atomic E-state index is 0.00630. The van der Waals surface area contributed by atoms with Gasteiger partial charge in [-0.15, -0.1) is 6.42 Å². The molecule has 0 radical (unpaired) electrons. The third-order valence-electron chi connectivity index (χ3n) is 1.50. The number of aromatic nitrogens is 1. The van der Waals surface area contributed by atoms with E-state index in [1.807, 2.05) is 0 Å². The van der Waals surface area contributed by atoms with Gasteiger partial charge in [-0.25, -0.2) is 9.78 Å². The number of pyridine rings is 1. The number of hydrogen-bond acceptors (Lipinski definition) is 3. The number of carboxylic acid groups (broad SMARTS) is 1. The normalized spacial score (nSPS) is 9.36. The van der Waals surface area contributed by atoms with Gasteiger partial charge in [0.25, 0.3) is 0 Å². The number of nitrogens with zero attached hydrogens (tertiary/aromatic N) is 1. The van der Waals surface area contributed by atoms with Gasteiger partial charge < -0.3 is 9.84 Å². The second-order valence-corrected chi connectivity index (χ2v) is 2.55. The Balaban J connectivity index is 2.65. The van der Waals surface area contributed by atoms with Gasteiger partial charge in [-0.05, 0) is 17.7 Å². The summed E-state index contributed by atoms with van der Waals surface area (Å²) in [6, 6.07) is 3.14. The fourth-order valence-corrected chi connectivity index (χ4v) is 0.909. The summed E-state index contributed by atoms with van der Waals surface area (Å²) in [5.41, 5.74) is 0.749. The molecule has 72 valence electrons. The van der Waals surface area contributed by atoms with Gasteiger partial charge in [-0.3, -0.25) is 0 Å². The van der Waals surface area contributed by atoms with Crippen molar-refractivity contribution in [2.24, 2.45) is 0 Å². The van der Waals surface area contributed by atoms with E-state index in [9.17, 15) is 4.79 Å². The lowest BCUT2D eigenvalue weighted by molar-refractivity contribution is 0.0690. The molecule has 0 aromatic carbocycles. The van der Waals surface area contributed by atoms with E-state index in [0.29, 0.717) is 6.61 Å². The molecular formula is C10H9NO3. The van der Waals surface area contributed by atoms with Gasteiger partial charge in [-0.2, -0.15) is 0 Å². The molecule has 0 saturated carbocycles. The Hall–Kier alpha value is -1.86. The van der Waals surface area contributed by atoms with Gasteiger partial charge in [0.2, 0.25) is 0 Å². The molecule has 0 fully saturated rings. The Bertz CT molecular complexity index is 368. The van der Waals surface area contributed by atoms with Crippen LogP contribution < -0.4 is 0 Å². The van der Waals surface area contributed by atoms with E-state index in [0.717, 1.165) is 5.56 Å². The molecule has 1 aromatic rings. The van der Waals surface area contributed by atoms with E-state index in [2.05, 4.69) is 10.9 Å². The highest BCUT2D eigenvalue weighted by molar-refractivity contribution is 5.85. The maximum Gasteiger partial charge on any atom is 0.354 e. The van der Waals surface area contributed by atoms with E-state index >= 15 is 0 Å². The van der Waals surface area contributed by atoms with Gasteiger partial charge in [0.15, 0.2) is 0 Å². The van der Waals surface area contributed by atoms with E-state index in [4.69, 9.17) is 16.3 Å². The molecule has 14 heavy (non-hydrogen) atoms. The summed E-state index contributed by atoms with van der Waals surface area (Å²) < 4.78 is 5.05. The van der Waals surface area contributed by atoms with E-state index in [1.54, 1.807) is 6.07 Å². The van der Waals surface area contributed by atoms with Crippen LogP contribution >= 0.6 is 0 Å². The molecule has 0 unspecified atom stereocenters. The molecule has 0 aliphatic carbocycles. The number of aromatic carboxylic acids is 1. The average Bonchev–Trinajstić information content (AvgIpc) is 2.19. The van der Waals surface area contributed by atoms with Crippen molar-refractivity contribution in [2.45, 2.75) is 6.61 Å². The standard InChI is InChI=1S/C10H9NO3/c1-2-5-14-7-8-3-4-11-9(6-8)10(12)13/h1,3-4,6H,5,7H2,(H,12,13). The molecule has 0 aliphatic heterocycles. The van der Waals surface area contributed by atoms with E-state index < -0.39 is 5.97 Å². The number of hydrogen-bond donors (Lipinski definition) is 1. The van der Waals surface area contributed by atoms with Crippen molar-refractivity contribution >= 4 is 5.97 Å². The quantitative estimate of drug-likeness (QED) is 0.568. The Morgan fingerprint density at radius 3 is 3.14 bits per heavy atom. The maximum absolute atomic E-state index is 10.5. The molecule has 1 rings (SSSR count). The van der Waals surface area contributed by atoms with Crippen LogP contribution in [0.3, 0.4) is 0 Å². The lowest BCUT2D eigenvalue weighted by atomic mass is 10.2. The third-order valence-corrected chi connectivity index (χ3v) is 1.50. The van der Waals surface area contributed by atoms with Gasteiger partial charge in [0.05, 0.1) is 6.61 Å². The first-order valence-corrected chi connectivity index (χ1v) is 3.93. The zero-order chi connectivity index (χ0) is 10.4. The van der Waals surface area contributed by atoms with Crippen molar-refractivity contribution in [3.8, 4) is 12.3 Å². The summed E-state index contributed by atoms with van der Waals surface area (Å²) in [7, 11) is 0. The largest absolute Gasteiger partial charge is 0.477 e. The smallest absolute Gasteiger partial charge is 0.354 e. The first-order chi connectivity index (χ1) is 6.74. The van der Waals surface area contributed by atoms with Gasteiger partial charge in [0, 0.05) is 6.20 Å². The fraction of sp³-hybridized carbons (Fsp3) is 0.200. The summed E-state index contributed by atoms with van der Waals surface area (Å²) in [4.78, 5) is 14.2. The molecule has 0 bridgehead atoms. The van der Waals surface area contributed by atoms with Crippen molar-refractivity contribution in [3.05, 3.63) is 29.6 Å². The highest BCUT2D eigenvalue weighted by atomic mass is 16.5. The van der Waals surface area contributed by atoms with Gasteiger partial charge >= 0.3 is 5.97 Å². The number of rotatable bonds is 4. The Labute approximate surface area is 81.5 Å². The van der Waals surface area contributed by atoms with Crippen LogP contribution in [-0.2, 0) is 11.3 Å². The van der Waals surface area contributed by atoms with E-state index in [1.165, 1.54) is 12.3 Å². The monoisotopic (exact) mass is 191 g/mol. The molecule has 1 N–H and O–H groups in total. The minimum atomic E-state index is -1.05. The van der Waals surface area contributed by atoms with Crippen molar-refractivity contribution < 1.29 is 14.6 Å². The molecule has 1 heterocycles. The maximum atomic E-state index is 10.5. The highest BCUT2D eigenvalue weighted by Gasteiger charge is 2.04. The molecule has 0 aliphatic rings. The number of carboxylic acids is 1.